The molecule has 0 radical (unpaired) electrons. The second kappa shape index (κ2) is 54.9. The van der Waals surface area contributed by atoms with Gasteiger partial charge in [0.05, 0.1) is 0 Å². The van der Waals surface area contributed by atoms with Gasteiger partial charge in [0.25, 0.3) is 0 Å². The normalized spacial score (nSPS) is 12.8. The number of esters is 3. The topological polar surface area (TPSA) is 78.9 Å². The van der Waals surface area contributed by atoms with Crippen LogP contribution in [0.2, 0.25) is 0 Å². The van der Waals surface area contributed by atoms with Gasteiger partial charge in [0.2, 0.25) is 0 Å². The van der Waals surface area contributed by atoms with Crippen molar-refractivity contribution in [2.45, 2.75) is 258 Å². The number of carbonyl (C=O) groups excluding carboxylic acids is 3. The van der Waals surface area contributed by atoms with Crippen molar-refractivity contribution in [1.82, 2.24) is 0 Å². The number of hydrogen-bond acceptors (Lipinski definition) is 6. The highest BCUT2D eigenvalue weighted by Crippen LogP contribution is 2.13. The summed E-state index contributed by atoms with van der Waals surface area (Å²) < 4.78 is 16.8. The van der Waals surface area contributed by atoms with Crippen molar-refractivity contribution in [3.8, 4) is 0 Å². The van der Waals surface area contributed by atoms with E-state index in [0.717, 1.165) is 89.9 Å². The summed E-state index contributed by atoms with van der Waals surface area (Å²) in [5, 5.41) is 0. The molecule has 0 aromatic rings. The Bertz CT molecular complexity index is 1350. The quantitative estimate of drug-likeness (QED) is 0.0262. The van der Waals surface area contributed by atoms with Crippen molar-refractivity contribution in [3.05, 3.63) is 97.2 Å². The molecule has 1 atom stereocenters. The second-order valence-electron chi connectivity index (χ2n) is 18.1. The zero-order valence-corrected chi connectivity index (χ0v) is 43.6. The van der Waals surface area contributed by atoms with Crippen LogP contribution in [0.25, 0.3) is 0 Å². The monoisotopic (exact) mass is 931 g/mol. The Labute approximate surface area is 413 Å². The molecule has 0 amide bonds. The molecule has 0 aliphatic heterocycles. The maximum atomic E-state index is 12.8. The Morgan fingerprint density at radius 2 is 0.567 bits per heavy atom. The largest absolute Gasteiger partial charge is 0.462 e. The number of carbonyl (C=O) groups is 3. The van der Waals surface area contributed by atoms with E-state index >= 15 is 0 Å². The molecular formula is C61H102O6. The third-order valence-electron chi connectivity index (χ3n) is 11.5. The molecule has 0 heterocycles. The van der Waals surface area contributed by atoms with E-state index < -0.39 is 6.10 Å². The molecule has 0 aromatic heterocycles. The summed E-state index contributed by atoms with van der Waals surface area (Å²) in [6, 6.07) is 0. The van der Waals surface area contributed by atoms with Crippen LogP contribution in [-0.4, -0.2) is 37.2 Å². The fraction of sp³-hybridized carbons (Fsp3) is 0.689. The molecule has 6 nitrogen and oxygen atoms in total. The molecule has 0 aliphatic rings. The molecular weight excluding hydrogens is 829 g/mol. The van der Waals surface area contributed by atoms with Crippen LogP contribution in [0.5, 0.6) is 0 Å². The van der Waals surface area contributed by atoms with Gasteiger partial charge in [0.15, 0.2) is 6.10 Å². The van der Waals surface area contributed by atoms with Gasteiger partial charge in [-0.25, -0.2) is 0 Å². The Hall–Kier alpha value is -3.67. The van der Waals surface area contributed by atoms with E-state index in [0.29, 0.717) is 19.3 Å². The molecule has 0 aliphatic carbocycles. The first-order chi connectivity index (χ1) is 33.0. The van der Waals surface area contributed by atoms with Crippen LogP contribution in [-0.2, 0) is 28.6 Å². The summed E-state index contributed by atoms with van der Waals surface area (Å²) in [6.07, 6.45) is 72.5. The first-order valence-corrected chi connectivity index (χ1v) is 27.7. The van der Waals surface area contributed by atoms with Gasteiger partial charge in [-0.1, -0.05) is 214 Å². The van der Waals surface area contributed by atoms with Crippen molar-refractivity contribution in [2.75, 3.05) is 13.2 Å². The third kappa shape index (κ3) is 53.2. The van der Waals surface area contributed by atoms with Gasteiger partial charge in [0, 0.05) is 19.3 Å². The van der Waals surface area contributed by atoms with Gasteiger partial charge in [-0.2, -0.15) is 0 Å². The summed E-state index contributed by atoms with van der Waals surface area (Å²) >= 11 is 0. The van der Waals surface area contributed by atoms with Crippen molar-refractivity contribution < 1.29 is 28.6 Å². The predicted octanol–water partition coefficient (Wildman–Crippen LogP) is 18.5. The lowest BCUT2D eigenvalue weighted by Gasteiger charge is -2.18. The standard InChI is InChI=1S/C61H102O6/c1-4-7-10-13-16-19-22-25-28-29-30-31-34-36-39-42-45-48-51-54-60(63)66-57-58(67-61(64)55-52-49-46-43-40-37-33-27-24-21-18-15-12-9-6-3)56-65-59(62)53-50-47-44-41-38-35-32-26-23-20-17-14-11-8-5-2/h16-17,19-21,24-26,28,30-32,36,39,45,48,58H,4-15,18,22-23,27,29,33-35,37-38,40-44,46-47,49-57H2,1-3H3/b19-16-,20-17-,24-21-,28-25-,31-30-,32-26-,39-36-,48-45-/t58-/m0/s1. The van der Waals surface area contributed by atoms with E-state index in [1.54, 1.807) is 0 Å². The fourth-order valence-electron chi connectivity index (χ4n) is 7.33. The lowest BCUT2D eigenvalue weighted by molar-refractivity contribution is -0.166. The Morgan fingerprint density at radius 1 is 0.299 bits per heavy atom. The molecule has 0 aromatic carbocycles. The zero-order chi connectivity index (χ0) is 48.6. The number of unbranched alkanes of at least 4 members (excludes halogenated alkanes) is 22. The number of rotatable bonds is 49. The lowest BCUT2D eigenvalue weighted by atomic mass is 10.1. The van der Waals surface area contributed by atoms with Crippen molar-refractivity contribution in [1.29, 1.82) is 0 Å². The predicted molar refractivity (Wildman–Crippen MR) is 288 cm³/mol. The van der Waals surface area contributed by atoms with Crippen molar-refractivity contribution in [3.63, 3.8) is 0 Å². The van der Waals surface area contributed by atoms with Gasteiger partial charge in [-0.3, -0.25) is 14.4 Å². The minimum Gasteiger partial charge on any atom is -0.462 e. The van der Waals surface area contributed by atoms with E-state index in [9.17, 15) is 14.4 Å². The molecule has 0 rings (SSSR count). The first kappa shape index (κ1) is 63.3. The Balaban J connectivity index is 4.53. The van der Waals surface area contributed by atoms with Gasteiger partial charge in [-0.05, 0) is 116 Å². The highest BCUT2D eigenvalue weighted by molar-refractivity contribution is 5.71. The van der Waals surface area contributed by atoms with Gasteiger partial charge >= 0.3 is 17.9 Å². The molecule has 0 bridgehead atoms. The van der Waals surface area contributed by atoms with Gasteiger partial charge < -0.3 is 14.2 Å². The van der Waals surface area contributed by atoms with Crippen LogP contribution < -0.4 is 0 Å². The number of allylic oxidation sites excluding steroid dienone is 16. The molecule has 0 unspecified atom stereocenters. The van der Waals surface area contributed by atoms with Gasteiger partial charge in [-0.15, -0.1) is 0 Å². The van der Waals surface area contributed by atoms with E-state index in [1.165, 1.54) is 116 Å². The van der Waals surface area contributed by atoms with Crippen LogP contribution in [0, 0.1) is 0 Å². The zero-order valence-electron chi connectivity index (χ0n) is 43.6. The average molecular weight is 931 g/mol. The van der Waals surface area contributed by atoms with E-state index in [2.05, 4.69) is 112 Å². The van der Waals surface area contributed by atoms with Crippen LogP contribution in [0.3, 0.4) is 0 Å². The summed E-state index contributed by atoms with van der Waals surface area (Å²) in [5.74, 6) is -1.01. The summed E-state index contributed by atoms with van der Waals surface area (Å²) in [7, 11) is 0. The lowest BCUT2D eigenvalue weighted by Crippen LogP contribution is -2.30. The van der Waals surface area contributed by atoms with Crippen LogP contribution in [0.15, 0.2) is 97.2 Å². The molecule has 0 fully saturated rings. The van der Waals surface area contributed by atoms with Crippen molar-refractivity contribution >= 4 is 17.9 Å². The number of ether oxygens (including phenoxy) is 3. The minimum absolute atomic E-state index is 0.110. The van der Waals surface area contributed by atoms with E-state index in [-0.39, 0.29) is 37.5 Å². The Kier molecular flexibility index (Phi) is 51.9. The fourth-order valence-corrected chi connectivity index (χ4v) is 7.33. The summed E-state index contributed by atoms with van der Waals surface area (Å²) in [6.45, 7) is 6.49. The minimum atomic E-state index is -0.816. The summed E-state index contributed by atoms with van der Waals surface area (Å²) in [5.41, 5.74) is 0. The van der Waals surface area contributed by atoms with Crippen LogP contribution >= 0.6 is 0 Å². The maximum Gasteiger partial charge on any atom is 0.306 e. The number of hydrogen-bond donors (Lipinski definition) is 0. The van der Waals surface area contributed by atoms with Crippen LogP contribution in [0.4, 0.5) is 0 Å². The molecule has 67 heavy (non-hydrogen) atoms. The maximum absolute atomic E-state index is 12.8. The molecule has 382 valence electrons. The van der Waals surface area contributed by atoms with E-state index in [1.807, 2.05) is 6.08 Å². The highest BCUT2D eigenvalue weighted by atomic mass is 16.6. The second-order valence-corrected chi connectivity index (χ2v) is 18.1. The smallest absolute Gasteiger partial charge is 0.306 e. The van der Waals surface area contributed by atoms with E-state index in [4.69, 9.17) is 14.2 Å². The molecule has 0 N–H and O–H groups in total. The SMILES string of the molecule is CCCCC/C=C\C/C=C\C/C=C\C/C=C\C/C=C\CCC(=O)OC[C@H](COC(=O)CCCCCCC/C=C\C/C=C\CCCCC)OC(=O)CCCCCCCCC/C=C\CCCCCC. The van der Waals surface area contributed by atoms with Gasteiger partial charge in [0.1, 0.15) is 13.2 Å². The molecule has 0 saturated heterocycles. The molecule has 0 spiro atoms. The molecule has 6 heteroatoms. The average Bonchev–Trinajstić information content (AvgIpc) is 3.33. The highest BCUT2D eigenvalue weighted by Gasteiger charge is 2.19. The van der Waals surface area contributed by atoms with Crippen molar-refractivity contribution in [2.24, 2.45) is 0 Å². The third-order valence-corrected chi connectivity index (χ3v) is 11.5. The first-order valence-electron chi connectivity index (χ1n) is 27.7. The molecule has 0 saturated carbocycles. The summed E-state index contributed by atoms with van der Waals surface area (Å²) in [4.78, 5) is 38.1. The van der Waals surface area contributed by atoms with Crippen LogP contribution in [0.1, 0.15) is 252 Å². The Morgan fingerprint density at radius 3 is 0.970 bits per heavy atom.